The maximum absolute atomic E-state index is 13.5. The second-order valence-electron chi connectivity index (χ2n) is 9.73. The number of aryl methyl sites for hydroxylation is 1. The Bertz CT molecular complexity index is 1400. The number of hydrogen-bond acceptors (Lipinski definition) is 6. The molecule has 8 nitrogen and oxygen atoms in total. The maximum Gasteiger partial charge on any atom is 0.340 e. The fourth-order valence-electron chi connectivity index (χ4n) is 5.79. The Morgan fingerprint density at radius 3 is 2.37 bits per heavy atom. The number of amides is 1. The number of carbonyl (C=O) groups excluding carboxylic acids is 2. The quantitative estimate of drug-likeness (QED) is 0.451. The van der Waals surface area contributed by atoms with Crippen LogP contribution in [0.25, 0.3) is 22.4 Å². The zero-order chi connectivity index (χ0) is 27.0. The van der Waals surface area contributed by atoms with Crippen LogP contribution in [0.15, 0.2) is 30.3 Å². The van der Waals surface area contributed by atoms with Crippen molar-refractivity contribution < 1.29 is 28.9 Å². The summed E-state index contributed by atoms with van der Waals surface area (Å²) in [6.45, 7) is 5.91. The highest BCUT2D eigenvalue weighted by molar-refractivity contribution is 6.07. The average molecular weight is 519 g/mol. The number of rotatable bonds is 6. The number of ether oxygens (including phenoxy) is 3. The molecule has 8 heteroatoms. The molecule has 0 radical (unpaired) electrons. The zero-order valence-corrected chi connectivity index (χ0v) is 22.4. The van der Waals surface area contributed by atoms with E-state index in [0.717, 1.165) is 42.5 Å². The molecule has 0 spiro atoms. The minimum absolute atomic E-state index is 0.118. The maximum atomic E-state index is 13.5. The van der Waals surface area contributed by atoms with Gasteiger partial charge in [-0.2, -0.15) is 0 Å². The molecule has 2 aliphatic heterocycles. The highest BCUT2D eigenvalue weighted by Gasteiger charge is 2.34. The molecule has 0 atom stereocenters. The van der Waals surface area contributed by atoms with Crippen LogP contribution in [-0.2, 0) is 17.7 Å². The van der Waals surface area contributed by atoms with E-state index in [-0.39, 0.29) is 23.8 Å². The molecule has 1 fully saturated rings. The summed E-state index contributed by atoms with van der Waals surface area (Å²) in [5.74, 6) is 0.404. The van der Waals surface area contributed by atoms with Gasteiger partial charge >= 0.3 is 5.97 Å². The monoisotopic (exact) mass is 518 g/mol. The molecule has 1 saturated heterocycles. The number of piperidine rings is 1. The summed E-state index contributed by atoms with van der Waals surface area (Å²) in [6.07, 6.45) is 3.75. The standard InChI is InChI=1S/C30H34N2O6/c1-5-38-30(35)26-25(20-10-9-11-21(28(20)33)29(34)31-13-7-6-8-14-31)18(2)32-15-12-19-16-23(36-3)24(37-4)17-22(19)27(26)32/h9-11,16-17,33H,5-8,12-15H2,1-4H3. The molecule has 2 aliphatic rings. The van der Waals surface area contributed by atoms with Gasteiger partial charge in [0.2, 0.25) is 0 Å². The summed E-state index contributed by atoms with van der Waals surface area (Å²) in [7, 11) is 3.18. The van der Waals surface area contributed by atoms with Crippen LogP contribution in [0.2, 0.25) is 0 Å². The van der Waals surface area contributed by atoms with Gasteiger partial charge in [-0.15, -0.1) is 0 Å². The van der Waals surface area contributed by atoms with Gasteiger partial charge < -0.3 is 28.8 Å². The SMILES string of the molecule is CCOC(=O)c1c(-c2cccc(C(=O)N3CCCCC3)c2O)c(C)n2c1-c1cc(OC)c(OC)cc1CC2. The number of phenols is 1. The number of methoxy groups -OCH3 is 2. The molecule has 0 bridgehead atoms. The number of nitrogens with zero attached hydrogens (tertiary/aromatic N) is 2. The van der Waals surface area contributed by atoms with Gasteiger partial charge in [-0.05, 0) is 63.3 Å². The lowest BCUT2D eigenvalue weighted by atomic mass is 9.92. The number of carbonyl (C=O) groups is 2. The Hall–Kier alpha value is -3.94. The normalized spacial score (nSPS) is 14.5. The summed E-state index contributed by atoms with van der Waals surface area (Å²) >= 11 is 0. The van der Waals surface area contributed by atoms with Crippen molar-refractivity contribution >= 4 is 11.9 Å². The smallest absolute Gasteiger partial charge is 0.340 e. The second kappa shape index (κ2) is 10.4. The number of hydrogen-bond donors (Lipinski definition) is 1. The molecule has 1 aromatic heterocycles. The van der Waals surface area contributed by atoms with Crippen molar-refractivity contribution in [2.45, 2.75) is 46.1 Å². The lowest BCUT2D eigenvalue weighted by molar-refractivity contribution is 0.0527. The van der Waals surface area contributed by atoms with E-state index in [1.807, 2.05) is 19.1 Å². The minimum atomic E-state index is -0.478. The van der Waals surface area contributed by atoms with Crippen LogP contribution in [0.3, 0.4) is 0 Å². The molecule has 1 N–H and O–H groups in total. The number of para-hydroxylation sites is 1. The van der Waals surface area contributed by atoms with Gasteiger partial charge in [0.1, 0.15) is 5.75 Å². The Balaban J connectivity index is 1.73. The van der Waals surface area contributed by atoms with Crippen molar-refractivity contribution in [1.82, 2.24) is 9.47 Å². The topological polar surface area (TPSA) is 90.2 Å². The van der Waals surface area contributed by atoms with Gasteiger partial charge in [0.25, 0.3) is 5.91 Å². The fraction of sp³-hybridized carbons (Fsp3) is 0.400. The largest absolute Gasteiger partial charge is 0.506 e. The van der Waals surface area contributed by atoms with Crippen molar-refractivity contribution in [2.24, 2.45) is 0 Å². The first-order chi connectivity index (χ1) is 18.4. The van der Waals surface area contributed by atoms with E-state index in [4.69, 9.17) is 14.2 Å². The van der Waals surface area contributed by atoms with Crippen LogP contribution in [0.1, 0.15) is 58.2 Å². The summed E-state index contributed by atoms with van der Waals surface area (Å²) in [5.41, 5.74) is 5.05. The van der Waals surface area contributed by atoms with Gasteiger partial charge in [-0.3, -0.25) is 4.79 Å². The Kier molecular flexibility index (Phi) is 7.06. The van der Waals surface area contributed by atoms with Crippen molar-refractivity contribution in [3.05, 3.63) is 52.7 Å². The second-order valence-corrected chi connectivity index (χ2v) is 9.73. The zero-order valence-electron chi connectivity index (χ0n) is 22.4. The molecule has 3 aromatic rings. The first-order valence-electron chi connectivity index (χ1n) is 13.2. The van der Waals surface area contributed by atoms with E-state index in [0.29, 0.717) is 53.5 Å². The van der Waals surface area contributed by atoms with Gasteiger partial charge in [0.05, 0.1) is 37.6 Å². The number of esters is 1. The van der Waals surface area contributed by atoms with E-state index in [2.05, 4.69) is 4.57 Å². The molecular weight excluding hydrogens is 484 g/mol. The minimum Gasteiger partial charge on any atom is -0.506 e. The molecule has 1 amide bonds. The summed E-state index contributed by atoms with van der Waals surface area (Å²) in [4.78, 5) is 28.7. The third-order valence-electron chi connectivity index (χ3n) is 7.65. The van der Waals surface area contributed by atoms with Gasteiger partial charge in [-0.1, -0.05) is 12.1 Å². The average Bonchev–Trinajstić information content (AvgIpc) is 3.25. The summed E-state index contributed by atoms with van der Waals surface area (Å²) in [6, 6.07) is 9.01. The third kappa shape index (κ3) is 4.18. The van der Waals surface area contributed by atoms with E-state index in [1.54, 1.807) is 44.2 Å². The molecule has 38 heavy (non-hydrogen) atoms. The number of benzene rings is 2. The van der Waals surface area contributed by atoms with Crippen molar-refractivity contribution in [3.8, 4) is 39.6 Å². The van der Waals surface area contributed by atoms with Crippen molar-refractivity contribution in [1.29, 1.82) is 0 Å². The van der Waals surface area contributed by atoms with Crippen LogP contribution in [-0.4, -0.2) is 60.4 Å². The molecule has 0 unspecified atom stereocenters. The van der Waals surface area contributed by atoms with Crippen LogP contribution in [0.5, 0.6) is 17.2 Å². The van der Waals surface area contributed by atoms with Crippen LogP contribution in [0, 0.1) is 6.92 Å². The highest BCUT2D eigenvalue weighted by atomic mass is 16.5. The van der Waals surface area contributed by atoms with Crippen LogP contribution in [0.4, 0.5) is 0 Å². The molecule has 3 heterocycles. The Morgan fingerprint density at radius 1 is 0.974 bits per heavy atom. The first-order valence-corrected chi connectivity index (χ1v) is 13.2. The number of fused-ring (bicyclic) bond motifs is 3. The lowest BCUT2D eigenvalue weighted by Gasteiger charge is -2.27. The highest BCUT2D eigenvalue weighted by Crippen LogP contribution is 2.47. The van der Waals surface area contributed by atoms with E-state index in [1.165, 1.54) is 0 Å². The van der Waals surface area contributed by atoms with E-state index >= 15 is 0 Å². The number of phenolic OH excluding ortho intramolecular Hbond substituents is 1. The predicted octanol–water partition coefficient (Wildman–Crippen LogP) is 5.21. The van der Waals surface area contributed by atoms with E-state index in [9.17, 15) is 14.7 Å². The molecule has 0 aliphatic carbocycles. The van der Waals surface area contributed by atoms with Crippen LogP contribution >= 0.6 is 0 Å². The predicted molar refractivity (Wildman–Crippen MR) is 144 cm³/mol. The van der Waals surface area contributed by atoms with Crippen molar-refractivity contribution in [2.75, 3.05) is 33.9 Å². The molecule has 0 saturated carbocycles. The molecular formula is C30H34N2O6. The van der Waals surface area contributed by atoms with Crippen molar-refractivity contribution in [3.63, 3.8) is 0 Å². The summed E-state index contributed by atoms with van der Waals surface area (Å²) < 4.78 is 18.7. The molecule has 5 rings (SSSR count). The summed E-state index contributed by atoms with van der Waals surface area (Å²) in [5, 5.41) is 11.5. The van der Waals surface area contributed by atoms with Gasteiger partial charge in [0.15, 0.2) is 11.5 Å². The van der Waals surface area contributed by atoms with Gasteiger partial charge in [-0.25, -0.2) is 4.79 Å². The Morgan fingerprint density at radius 2 is 1.68 bits per heavy atom. The Labute approximate surface area is 222 Å². The lowest BCUT2D eigenvalue weighted by Crippen LogP contribution is -2.35. The fourth-order valence-corrected chi connectivity index (χ4v) is 5.79. The third-order valence-corrected chi connectivity index (χ3v) is 7.65. The van der Waals surface area contributed by atoms with Gasteiger partial charge in [0, 0.05) is 42.0 Å². The number of aromatic nitrogens is 1. The number of aromatic hydroxyl groups is 1. The molecule has 2 aromatic carbocycles. The van der Waals surface area contributed by atoms with E-state index < -0.39 is 5.97 Å². The molecule has 200 valence electrons. The first kappa shape index (κ1) is 25.7. The van der Waals surface area contributed by atoms with Crippen LogP contribution < -0.4 is 9.47 Å². The number of likely N-dealkylation sites (tertiary alicyclic amines) is 1.